The maximum absolute atomic E-state index is 14.1. The lowest BCUT2D eigenvalue weighted by molar-refractivity contribution is -0.127. The second kappa shape index (κ2) is 10.6. The summed E-state index contributed by atoms with van der Waals surface area (Å²) in [5, 5.41) is 7.44. The van der Waals surface area contributed by atoms with Gasteiger partial charge in [-0.2, -0.15) is 0 Å². The van der Waals surface area contributed by atoms with Gasteiger partial charge in [0.25, 0.3) is 11.5 Å². The summed E-state index contributed by atoms with van der Waals surface area (Å²) in [5.74, 6) is 6.10. The zero-order valence-corrected chi connectivity index (χ0v) is 22.2. The quantitative estimate of drug-likeness (QED) is 0.323. The second-order valence-corrected chi connectivity index (χ2v) is 9.71. The predicted molar refractivity (Wildman–Crippen MR) is 153 cm³/mol. The van der Waals surface area contributed by atoms with Crippen molar-refractivity contribution in [1.29, 1.82) is 0 Å². The van der Waals surface area contributed by atoms with Gasteiger partial charge in [0.15, 0.2) is 11.5 Å². The van der Waals surface area contributed by atoms with Crippen LogP contribution in [0.5, 0.6) is 0 Å². The van der Waals surface area contributed by atoms with Gasteiger partial charge >= 0.3 is 0 Å². The van der Waals surface area contributed by atoms with Crippen LogP contribution in [0.2, 0.25) is 0 Å². The smallest absolute Gasteiger partial charge is 0.267 e. The molecule has 0 spiro atoms. The Morgan fingerprint density at radius 2 is 1.95 bits per heavy atom. The third-order valence-electron chi connectivity index (χ3n) is 6.99. The lowest BCUT2D eigenvalue weighted by Crippen LogP contribution is -2.33. The number of amides is 2. The van der Waals surface area contributed by atoms with E-state index >= 15 is 0 Å². The first-order valence-corrected chi connectivity index (χ1v) is 13.2. The van der Waals surface area contributed by atoms with Crippen molar-refractivity contribution in [3.63, 3.8) is 0 Å². The van der Waals surface area contributed by atoms with Crippen LogP contribution in [0.4, 0.5) is 5.82 Å². The molecular formula is C30H26N8O3. The highest BCUT2D eigenvalue weighted by Crippen LogP contribution is 2.22. The first kappa shape index (κ1) is 25.8. The molecule has 3 N–H and O–H groups in total. The van der Waals surface area contributed by atoms with Gasteiger partial charge in [-0.15, -0.1) is 5.10 Å². The van der Waals surface area contributed by atoms with E-state index in [9.17, 15) is 14.4 Å². The molecule has 1 fully saturated rings. The highest BCUT2D eigenvalue weighted by molar-refractivity contribution is 6.04. The average Bonchev–Trinajstić information content (AvgIpc) is 3.54. The van der Waals surface area contributed by atoms with E-state index in [-0.39, 0.29) is 22.8 Å². The van der Waals surface area contributed by atoms with E-state index in [0.717, 1.165) is 6.42 Å². The molecule has 3 aromatic heterocycles. The van der Waals surface area contributed by atoms with Gasteiger partial charge in [0, 0.05) is 30.9 Å². The van der Waals surface area contributed by atoms with Crippen molar-refractivity contribution in [2.45, 2.75) is 25.8 Å². The van der Waals surface area contributed by atoms with E-state index in [1.165, 1.54) is 9.08 Å². The van der Waals surface area contributed by atoms with Crippen molar-refractivity contribution in [3.05, 3.63) is 94.3 Å². The summed E-state index contributed by atoms with van der Waals surface area (Å²) < 4.78 is 2.92. The number of hydrogen-bond acceptors (Lipinski definition) is 7. The number of nitrogens with zero attached hydrogens (tertiary/aromatic N) is 6. The number of aromatic nitrogens is 5. The first-order chi connectivity index (χ1) is 19.9. The Labute approximate surface area is 234 Å². The molecular weight excluding hydrogens is 520 g/mol. The van der Waals surface area contributed by atoms with Crippen molar-refractivity contribution in [1.82, 2.24) is 34.4 Å². The van der Waals surface area contributed by atoms with Crippen LogP contribution in [0, 0.1) is 11.8 Å². The van der Waals surface area contributed by atoms with Gasteiger partial charge in [0.05, 0.1) is 29.2 Å². The number of rotatable bonds is 5. The maximum atomic E-state index is 14.1. The fourth-order valence-corrected chi connectivity index (χ4v) is 5.02. The Balaban J connectivity index is 1.42. The molecule has 1 saturated heterocycles. The topological polar surface area (TPSA) is 141 Å². The molecule has 0 bridgehead atoms. The Kier molecular flexibility index (Phi) is 6.65. The first-order valence-electron chi connectivity index (χ1n) is 13.2. The number of anilines is 1. The van der Waals surface area contributed by atoms with Gasteiger partial charge < -0.3 is 16.0 Å². The molecule has 2 aromatic carbocycles. The Morgan fingerprint density at radius 1 is 1.12 bits per heavy atom. The second-order valence-electron chi connectivity index (χ2n) is 9.71. The summed E-state index contributed by atoms with van der Waals surface area (Å²) in [7, 11) is 0. The number of benzene rings is 2. The van der Waals surface area contributed by atoms with E-state index in [0.29, 0.717) is 53.1 Å². The van der Waals surface area contributed by atoms with Gasteiger partial charge in [0.1, 0.15) is 11.4 Å². The molecule has 11 nitrogen and oxygen atoms in total. The van der Waals surface area contributed by atoms with E-state index in [1.54, 1.807) is 60.6 Å². The fourth-order valence-electron chi connectivity index (χ4n) is 5.02. The van der Waals surface area contributed by atoms with Crippen LogP contribution >= 0.6 is 0 Å². The van der Waals surface area contributed by atoms with E-state index in [1.807, 2.05) is 18.2 Å². The van der Waals surface area contributed by atoms with Gasteiger partial charge in [-0.3, -0.25) is 19.0 Å². The van der Waals surface area contributed by atoms with Crippen molar-refractivity contribution in [2.24, 2.45) is 0 Å². The number of hydrogen-bond donors (Lipinski definition) is 2. The summed E-state index contributed by atoms with van der Waals surface area (Å²) in [5.41, 5.74) is 7.74. The fraction of sp³-hybridized carbons (Fsp3) is 0.200. The van der Waals surface area contributed by atoms with Crippen LogP contribution in [0.25, 0.3) is 22.2 Å². The monoisotopic (exact) mass is 546 g/mol. The largest absolute Gasteiger partial charge is 0.381 e. The Hall–Kier alpha value is -5.50. The maximum Gasteiger partial charge on any atom is 0.267 e. The summed E-state index contributed by atoms with van der Waals surface area (Å²) in [6.07, 6.45) is 4.58. The van der Waals surface area contributed by atoms with E-state index in [2.05, 4.69) is 27.2 Å². The molecule has 2 amide bonds. The zero-order chi connectivity index (χ0) is 28.5. The normalized spacial score (nSPS) is 13.8. The molecule has 4 heterocycles. The summed E-state index contributed by atoms with van der Waals surface area (Å²) in [6, 6.07) is 15.4. The number of nitrogen functional groups attached to an aromatic ring is 1. The van der Waals surface area contributed by atoms with Crippen molar-refractivity contribution in [3.8, 4) is 17.5 Å². The third kappa shape index (κ3) is 4.76. The number of nitrogens with one attached hydrogen (secondary N) is 1. The van der Waals surface area contributed by atoms with Gasteiger partial charge in [-0.05, 0) is 43.7 Å². The molecule has 1 atom stereocenters. The average molecular weight is 547 g/mol. The molecule has 11 heteroatoms. The lowest BCUT2D eigenvalue weighted by Gasteiger charge is -2.20. The number of carbonyl (C=O) groups is 2. The Morgan fingerprint density at radius 3 is 2.73 bits per heavy atom. The molecule has 1 unspecified atom stereocenters. The number of fused-ring (bicyclic) bond motifs is 2. The Bertz CT molecular complexity index is 1930. The van der Waals surface area contributed by atoms with Crippen LogP contribution in [0.15, 0.2) is 71.8 Å². The van der Waals surface area contributed by atoms with Crippen LogP contribution in [0.1, 0.15) is 47.6 Å². The van der Waals surface area contributed by atoms with Gasteiger partial charge in [0.2, 0.25) is 5.91 Å². The van der Waals surface area contributed by atoms with Crippen LogP contribution in [-0.4, -0.2) is 54.0 Å². The van der Waals surface area contributed by atoms with E-state index < -0.39 is 11.9 Å². The minimum atomic E-state index is -0.700. The molecule has 1 aliphatic heterocycles. The SMILES string of the molecule is CC(NC(=O)c1c(N)nn2cccnc12)c1nc2cccc(C#CCN3CCCC3=O)c2c(=O)n1-c1ccccc1. The summed E-state index contributed by atoms with van der Waals surface area (Å²) in [6.45, 7) is 2.74. The number of para-hydroxylation sites is 1. The van der Waals surface area contributed by atoms with Gasteiger partial charge in [-0.25, -0.2) is 14.5 Å². The standard InChI is InChI=1S/C30H26N8O3/c1-19(33-29(40)25-26(31)35-37-18-8-15-32-28(25)37)27-34-22-13-5-9-20(10-6-16-36-17-7-14-23(36)39)24(22)30(41)38(27)21-11-3-2-4-12-21/h2-5,8-9,11-13,15,18-19H,7,14,16-17H2,1H3,(H2,31,35)(H,33,40). The number of likely N-dealkylation sites (tertiary alicyclic amines) is 1. The number of nitrogens with two attached hydrogens (primary N) is 1. The highest BCUT2D eigenvalue weighted by Gasteiger charge is 2.25. The lowest BCUT2D eigenvalue weighted by atomic mass is 10.1. The van der Waals surface area contributed by atoms with Crippen molar-refractivity contribution in [2.75, 3.05) is 18.8 Å². The molecule has 0 saturated carbocycles. The van der Waals surface area contributed by atoms with Crippen LogP contribution in [-0.2, 0) is 4.79 Å². The predicted octanol–water partition coefficient (Wildman–Crippen LogP) is 2.48. The molecule has 6 rings (SSSR count). The third-order valence-corrected chi connectivity index (χ3v) is 6.99. The van der Waals surface area contributed by atoms with Crippen LogP contribution < -0.4 is 16.6 Å². The number of carbonyl (C=O) groups excluding carboxylic acids is 2. The molecule has 204 valence electrons. The minimum Gasteiger partial charge on any atom is -0.381 e. The van der Waals surface area contributed by atoms with Crippen LogP contribution in [0.3, 0.4) is 0 Å². The highest BCUT2D eigenvalue weighted by atomic mass is 16.2. The zero-order valence-electron chi connectivity index (χ0n) is 22.2. The van der Waals surface area contributed by atoms with Crippen molar-refractivity contribution >= 4 is 34.2 Å². The molecule has 41 heavy (non-hydrogen) atoms. The minimum absolute atomic E-state index is 0.0409. The van der Waals surface area contributed by atoms with E-state index in [4.69, 9.17) is 10.7 Å². The molecule has 1 aliphatic rings. The molecule has 0 radical (unpaired) electrons. The summed E-state index contributed by atoms with van der Waals surface area (Å²) >= 11 is 0. The molecule has 5 aromatic rings. The summed E-state index contributed by atoms with van der Waals surface area (Å²) in [4.78, 5) is 50.3. The van der Waals surface area contributed by atoms with Crippen molar-refractivity contribution < 1.29 is 9.59 Å². The molecule has 0 aliphatic carbocycles. The van der Waals surface area contributed by atoms with Gasteiger partial charge in [-0.1, -0.05) is 36.1 Å².